The van der Waals surface area contributed by atoms with E-state index in [-0.39, 0.29) is 17.5 Å². The van der Waals surface area contributed by atoms with Crippen LogP contribution in [0.3, 0.4) is 0 Å². The number of sulfonamides is 1. The van der Waals surface area contributed by atoms with E-state index >= 15 is 0 Å². The third-order valence-corrected chi connectivity index (χ3v) is 7.86. The maximum atomic E-state index is 13.3. The lowest BCUT2D eigenvalue weighted by molar-refractivity contribution is 0.228. The van der Waals surface area contributed by atoms with E-state index in [1.807, 2.05) is 51.1 Å². The molecule has 2 aromatic carbocycles. The van der Waals surface area contributed by atoms with Crippen LogP contribution in [0.4, 0.5) is 0 Å². The first-order chi connectivity index (χ1) is 13.6. The van der Waals surface area contributed by atoms with Crippen LogP contribution in [0, 0.1) is 12.3 Å². The molecule has 6 heteroatoms. The van der Waals surface area contributed by atoms with Crippen molar-refractivity contribution in [2.24, 2.45) is 5.41 Å². The minimum Gasteiger partial charge on any atom is -0.497 e. The molecule has 0 fully saturated rings. The second-order valence-electron chi connectivity index (χ2n) is 8.10. The molecule has 0 heterocycles. The van der Waals surface area contributed by atoms with Crippen LogP contribution in [0.2, 0.25) is 0 Å². The van der Waals surface area contributed by atoms with Gasteiger partial charge in [0, 0.05) is 18.5 Å². The smallest absolute Gasteiger partial charge is 0.243 e. The van der Waals surface area contributed by atoms with Crippen molar-refractivity contribution in [2.75, 3.05) is 20.8 Å². The van der Waals surface area contributed by atoms with Crippen molar-refractivity contribution in [3.63, 3.8) is 0 Å². The van der Waals surface area contributed by atoms with Crippen LogP contribution in [0.5, 0.6) is 5.75 Å². The van der Waals surface area contributed by atoms with Gasteiger partial charge in [-0.25, -0.2) is 8.42 Å². The normalized spacial score (nSPS) is 20.0. The molecule has 3 rings (SSSR count). The molecule has 0 bridgehead atoms. The Kier molecular flexibility index (Phi) is 5.90. The first kappa shape index (κ1) is 21.6. The molecule has 0 aliphatic heterocycles. The van der Waals surface area contributed by atoms with Crippen molar-refractivity contribution in [3.8, 4) is 5.75 Å². The Bertz CT molecular complexity index is 1020. The lowest BCUT2D eigenvalue weighted by atomic mass is 9.67. The van der Waals surface area contributed by atoms with E-state index in [1.54, 1.807) is 32.4 Å². The van der Waals surface area contributed by atoms with Gasteiger partial charge in [-0.1, -0.05) is 43.7 Å². The standard InChI is InChI=1S/C23H29NO4S/c1-16-6-10-19(11-7-16)29(26,27)24(4)22-14-17-8-9-18(28-5)15-20(17)21(12-13-25)23(22,2)3/h6-12,15,22,25H,13-14H2,1-5H3. The number of hydrogen-bond acceptors (Lipinski definition) is 4. The number of fused-ring (bicyclic) bond motifs is 1. The van der Waals surface area contributed by atoms with Gasteiger partial charge in [-0.3, -0.25) is 0 Å². The maximum Gasteiger partial charge on any atom is 0.243 e. The summed E-state index contributed by atoms with van der Waals surface area (Å²) in [5, 5.41) is 9.65. The van der Waals surface area contributed by atoms with Crippen molar-refractivity contribution in [2.45, 2.75) is 38.1 Å². The van der Waals surface area contributed by atoms with Gasteiger partial charge >= 0.3 is 0 Å². The summed E-state index contributed by atoms with van der Waals surface area (Å²) in [6.07, 6.45) is 2.35. The van der Waals surface area contributed by atoms with E-state index in [9.17, 15) is 13.5 Å². The Morgan fingerprint density at radius 3 is 2.45 bits per heavy atom. The van der Waals surface area contributed by atoms with Crippen molar-refractivity contribution in [3.05, 3.63) is 65.2 Å². The number of nitrogens with zero attached hydrogens (tertiary/aromatic N) is 1. The average Bonchev–Trinajstić information content (AvgIpc) is 2.69. The molecule has 0 spiro atoms. The first-order valence-corrected chi connectivity index (χ1v) is 11.1. The Morgan fingerprint density at radius 2 is 1.86 bits per heavy atom. The van der Waals surface area contributed by atoms with Crippen molar-refractivity contribution < 1.29 is 18.3 Å². The number of benzene rings is 2. The van der Waals surface area contributed by atoms with E-state index in [1.165, 1.54) is 4.31 Å². The van der Waals surface area contributed by atoms with E-state index in [2.05, 4.69) is 0 Å². The van der Waals surface area contributed by atoms with Crippen molar-refractivity contribution in [1.82, 2.24) is 4.31 Å². The van der Waals surface area contributed by atoms with Gasteiger partial charge in [0.25, 0.3) is 0 Å². The molecule has 29 heavy (non-hydrogen) atoms. The SMILES string of the molecule is COc1ccc2c(c1)C(=CCO)C(C)(C)C(N(C)S(=O)(=O)c1ccc(C)cc1)C2. The maximum absolute atomic E-state index is 13.3. The van der Waals surface area contributed by atoms with Crippen LogP contribution in [0.15, 0.2) is 53.4 Å². The topological polar surface area (TPSA) is 66.8 Å². The van der Waals surface area contributed by atoms with Gasteiger partial charge in [0.2, 0.25) is 10.0 Å². The second kappa shape index (κ2) is 7.94. The van der Waals surface area contributed by atoms with Crippen molar-refractivity contribution in [1.29, 1.82) is 0 Å². The predicted molar refractivity (Wildman–Crippen MR) is 115 cm³/mol. The Hall–Kier alpha value is -2.15. The quantitative estimate of drug-likeness (QED) is 0.809. The zero-order chi connectivity index (χ0) is 21.4. The zero-order valence-corrected chi connectivity index (χ0v) is 18.5. The summed E-state index contributed by atoms with van der Waals surface area (Å²) in [7, 11) is -0.395. The van der Waals surface area contributed by atoms with Crippen LogP contribution in [-0.2, 0) is 16.4 Å². The van der Waals surface area contributed by atoms with Gasteiger partial charge in [0.1, 0.15) is 5.75 Å². The molecule has 2 aromatic rings. The number of methoxy groups -OCH3 is 1. The van der Waals surface area contributed by atoms with Gasteiger partial charge in [-0.05, 0) is 54.3 Å². The fourth-order valence-electron chi connectivity index (χ4n) is 4.19. The van der Waals surface area contributed by atoms with Gasteiger partial charge in [0.15, 0.2) is 0 Å². The molecular formula is C23H29NO4S. The number of likely N-dealkylation sites (N-methyl/N-ethyl adjacent to an activating group) is 1. The zero-order valence-electron chi connectivity index (χ0n) is 17.6. The van der Waals surface area contributed by atoms with E-state index in [0.717, 1.165) is 28.0 Å². The van der Waals surface area contributed by atoms with Gasteiger partial charge in [-0.2, -0.15) is 4.31 Å². The van der Waals surface area contributed by atoms with E-state index in [0.29, 0.717) is 6.42 Å². The first-order valence-electron chi connectivity index (χ1n) is 9.66. The number of aryl methyl sites for hydroxylation is 1. The summed E-state index contributed by atoms with van der Waals surface area (Å²) in [6.45, 7) is 5.88. The minimum absolute atomic E-state index is 0.115. The molecule has 1 aliphatic rings. The number of ether oxygens (including phenoxy) is 1. The van der Waals surface area contributed by atoms with Gasteiger partial charge < -0.3 is 9.84 Å². The minimum atomic E-state index is -3.66. The molecule has 1 unspecified atom stereocenters. The second-order valence-corrected chi connectivity index (χ2v) is 10.1. The van der Waals surface area contributed by atoms with Gasteiger partial charge in [-0.15, -0.1) is 0 Å². The molecule has 1 N–H and O–H groups in total. The monoisotopic (exact) mass is 415 g/mol. The Balaban J connectivity index is 2.09. The highest BCUT2D eigenvalue weighted by atomic mass is 32.2. The van der Waals surface area contributed by atoms with E-state index in [4.69, 9.17) is 4.74 Å². The third-order valence-electron chi connectivity index (χ3n) is 5.98. The molecule has 1 aliphatic carbocycles. The average molecular weight is 416 g/mol. The van der Waals surface area contributed by atoms with Gasteiger partial charge in [0.05, 0.1) is 18.6 Å². The van der Waals surface area contributed by atoms with Crippen LogP contribution in [-0.4, -0.2) is 44.6 Å². The molecule has 0 saturated carbocycles. The molecule has 5 nitrogen and oxygen atoms in total. The number of aliphatic hydroxyl groups is 1. The fourth-order valence-corrected chi connectivity index (χ4v) is 5.68. The molecule has 0 aromatic heterocycles. The molecule has 0 radical (unpaired) electrons. The molecule has 1 atom stereocenters. The Morgan fingerprint density at radius 1 is 1.21 bits per heavy atom. The van der Waals surface area contributed by atoms with Crippen LogP contribution in [0.1, 0.15) is 30.5 Å². The Labute approximate surface area is 173 Å². The molecule has 0 amide bonds. The summed E-state index contributed by atoms with van der Waals surface area (Å²) >= 11 is 0. The molecule has 0 saturated heterocycles. The summed E-state index contributed by atoms with van der Waals surface area (Å²) in [5.41, 5.74) is 3.48. The fraction of sp³-hybridized carbons (Fsp3) is 0.391. The van der Waals surface area contributed by atoms with Crippen LogP contribution in [0.25, 0.3) is 5.57 Å². The van der Waals surface area contributed by atoms with E-state index < -0.39 is 15.4 Å². The highest BCUT2D eigenvalue weighted by molar-refractivity contribution is 7.89. The van der Waals surface area contributed by atoms with Crippen LogP contribution < -0.4 is 4.74 Å². The predicted octanol–water partition coefficient (Wildman–Crippen LogP) is 3.65. The summed E-state index contributed by atoms with van der Waals surface area (Å²) in [4.78, 5) is 0.287. The lowest BCUT2D eigenvalue weighted by Crippen LogP contribution is -2.50. The number of rotatable bonds is 5. The summed E-state index contributed by atoms with van der Waals surface area (Å²) < 4.78 is 33.5. The highest BCUT2D eigenvalue weighted by Gasteiger charge is 2.44. The largest absolute Gasteiger partial charge is 0.497 e. The third kappa shape index (κ3) is 3.84. The summed E-state index contributed by atoms with van der Waals surface area (Å²) in [6, 6.07) is 12.5. The van der Waals surface area contributed by atoms with Crippen molar-refractivity contribution >= 4 is 15.6 Å². The van der Waals surface area contributed by atoms with Crippen LogP contribution >= 0.6 is 0 Å². The summed E-state index contributed by atoms with van der Waals surface area (Å²) in [5.74, 6) is 0.738. The number of aliphatic hydroxyl groups excluding tert-OH is 1. The highest BCUT2D eigenvalue weighted by Crippen LogP contribution is 2.48. The number of hydrogen-bond donors (Lipinski definition) is 1. The molecule has 156 valence electrons. The lowest BCUT2D eigenvalue weighted by Gasteiger charge is -2.45. The molecular weight excluding hydrogens is 386 g/mol.